The van der Waals surface area contributed by atoms with E-state index in [1.54, 1.807) is 6.07 Å². The Morgan fingerprint density at radius 3 is 1.20 bits per heavy atom. The molecule has 0 spiro atoms. The molecule has 0 aliphatic heterocycles. The van der Waals surface area contributed by atoms with Gasteiger partial charge >= 0.3 is 29.6 Å². The molecule has 0 atom stereocenters. The van der Waals surface area contributed by atoms with Gasteiger partial charge in [-0.25, -0.2) is 8.42 Å². The van der Waals surface area contributed by atoms with E-state index in [1.807, 2.05) is 6.07 Å². The summed E-state index contributed by atoms with van der Waals surface area (Å²) in [5.41, 5.74) is 2.46. The smallest absolute Gasteiger partial charge is 0.744 e. The molecular weight excluding hydrogens is 535 g/mol. The van der Waals surface area contributed by atoms with Crippen LogP contribution in [0.2, 0.25) is 0 Å². The number of hydrogen-bond acceptors (Lipinski definition) is 3. The maximum atomic E-state index is 11.8. The van der Waals surface area contributed by atoms with Gasteiger partial charge in [0.1, 0.15) is 10.1 Å². The maximum Gasteiger partial charge on any atom is 1.00 e. The first-order valence-corrected chi connectivity index (χ1v) is 18.4. The van der Waals surface area contributed by atoms with Crippen molar-refractivity contribution in [2.24, 2.45) is 0 Å². The Hall–Kier alpha value is -0.390. The SMILES string of the molecule is CCCCCCCCCCCCCc1ccc(CCCCCCCCCCCCC)c2cc(S(=O)(=O)[O-])ccc12.[Na+]. The van der Waals surface area contributed by atoms with Crippen molar-refractivity contribution in [2.45, 2.75) is 173 Å². The fourth-order valence-corrected chi connectivity index (χ4v) is 6.50. The predicted octanol–water partition coefficient (Wildman–Crippen LogP) is 8.45. The zero-order valence-electron chi connectivity index (χ0n) is 27.0. The number of aryl methyl sites for hydroxylation is 2. The summed E-state index contributed by atoms with van der Waals surface area (Å²) in [6.45, 7) is 4.53. The molecule has 5 heteroatoms. The standard InChI is InChI=1S/C36H60O3S.Na/c1-3-5-7-9-11-13-15-17-19-21-23-25-32-27-28-33(36-31-34(40(37,38)39)29-30-35(32)36)26-24-22-20-18-16-14-12-10-8-6-4-2;/h27-31H,3-26H2,1-2H3,(H,37,38,39);/q;+1/p-1. The molecule has 0 radical (unpaired) electrons. The second-order valence-corrected chi connectivity index (χ2v) is 13.5. The van der Waals surface area contributed by atoms with Crippen LogP contribution in [0.1, 0.15) is 166 Å². The number of hydrogen-bond donors (Lipinski definition) is 0. The average Bonchev–Trinajstić information content (AvgIpc) is 2.94. The minimum Gasteiger partial charge on any atom is -0.744 e. The van der Waals surface area contributed by atoms with E-state index in [0.29, 0.717) is 0 Å². The summed E-state index contributed by atoms with van der Waals surface area (Å²) in [6.07, 6.45) is 31.0. The third-order valence-electron chi connectivity index (χ3n) is 8.56. The van der Waals surface area contributed by atoms with Gasteiger partial charge in [0.25, 0.3) is 0 Å². The van der Waals surface area contributed by atoms with Crippen LogP contribution in [-0.2, 0) is 23.0 Å². The quantitative estimate of drug-likeness (QED) is 0.0658. The van der Waals surface area contributed by atoms with Crippen LogP contribution in [0.3, 0.4) is 0 Å². The van der Waals surface area contributed by atoms with Crippen LogP contribution in [0.4, 0.5) is 0 Å². The van der Waals surface area contributed by atoms with Crippen molar-refractivity contribution in [3.05, 3.63) is 41.5 Å². The van der Waals surface area contributed by atoms with E-state index in [1.165, 1.54) is 146 Å². The first-order chi connectivity index (χ1) is 19.5. The van der Waals surface area contributed by atoms with Gasteiger partial charge in [0.15, 0.2) is 0 Å². The first kappa shape index (κ1) is 38.6. The molecule has 0 N–H and O–H groups in total. The van der Waals surface area contributed by atoms with E-state index in [-0.39, 0.29) is 34.5 Å². The maximum absolute atomic E-state index is 11.8. The molecule has 0 aliphatic carbocycles. The molecular formula is C36H59NaO3S. The Morgan fingerprint density at radius 1 is 0.488 bits per heavy atom. The topological polar surface area (TPSA) is 57.2 Å². The summed E-state index contributed by atoms with van der Waals surface area (Å²) in [5, 5.41) is 2.09. The van der Waals surface area contributed by atoms with Crippen LogP contribution < -0.4 is 29.6 Å². The van der Waals surface area contributed by atoms with E-state index < -0.39 is 10.1 Å². The minimum atomic E-state index is -4.46. The molecule has 2 rings (SSSR count). The van der Waals surface area contributed by atoms with Crippen LogP contribution >= 0.6 is 0 Å². The summed E-state index contributed by atoms with van der Waals surface area (Å²) < 4.78 is 35.3. The second kappa shape index (κ2) is 24.0. The Morgan fingerprint density at radius 2 is 0.829 bits per heavy atom. The van der Waals surface area contributed by atoms with Crippen molar-refractivity contribution >= 4 is 20.9 Å². The van der Waals surface area contributed by atoms with Crippen molar-refractivity contribution < 1.29 is 42.5 Å². The zero-order chi connectivity index (χ0) is 28.9. The molecule has 2 aromatic carbocycles. The van der Waals surface area contributed by atoms with E-state index in [9.17, 15) is 13.0 Å². The van der Waals surface area contributed by atoms with Gasteiger partial charge in [-0.2, -0.15) is 0 Å². The van der Waals surface area contributed by atoms with Crippen molar-refractivity contribution in [1.82, 2.24) is 0 Å². The van der Waals surface area contributed by atoms with Crippen LogP contribution in [0.25, 0.3) is 10.8 Å². The van der Waals surface area contributed by atoms with Gasteiger partial charge in [0.05, 0.1) is 4.90 Å². The molecule has 2 aromatic rings. The fraction of sp³-hybridized carbons (Fsp3) is 0.722. The number of unbranched alkanes of at least 4 members (excludes halogenated alkanes) is 20. The molecule has 0 aromatic heterocycles. The van der Waals surface area contributed by atoms with Crippen molar-refractivity contribution in [1.29, 1.82) is 0 Å². The monoisotopic (exact) mass is 594 g/mol. The third-order valence-corrected chi connectivity index (χ3v) is 9.39. The van der Waals surface area contributed by atoms with Crippen molar-refractivity contribution in [2.75, 3.05) is 0 Å². The Kier molecular flexibility index (Phi) is 22.6. The summed E-state index contributed by atoms with van der Waals surface area (Å²) in [4.78, 5) is -0.105. The molecule has 0 amide bonds. The minimum absolute atomic E-state index is 0. The van der Waals surface area contributed by atoms with Crippen molar-refractivity contribution in [3.8, 4) is 0 Å². The van der Waals surface area contributed by atoms with Crippen LogP contribution in [0, 0.1) is 0 Å². The summed E-state index contributed by atoms with van der Waals surface area (Å²) in [5.74, 6) is 0. The molecule has 228 valence electrons. The van der Waals surface area contributed by atoms with Gasteiger partial charge in [-0.1, -0.05) is 160 Å². The normalized spacial score (nSPS) is 11.7. The second-order valence-electron chi connectivity index (χ2n) is 12.1. The third kappa shape index (κ3) is 16.9. The molecule has 0 bridgehead atoms. The molecule has 0 fully saturated rings. The predicted molar refractivity (Wildman–Crippen MR) is 172 cm³/mol. The molecule has 3 nitrogen and oxygen atoms in total. The summed E-state index contributed by atoms with van der Waals surface area (Å²) >= 11 is 0. The van der Waals surface area contributed by atoms with Gasteiger partial charge in [0.2, 0.25) is 0 Å². The van der Waals surface area contributed by atoms with Gasteiger partial charge in [-0.15, -0.1) is 0 Å². The zero-order valence-corrected chi connectivity index (χ0v) is 29.8. The van der Waals surface area contributed by atoms with E-state index in [0.717, 1.165) is 36.5 Å². The molecule has 0 saturated heterocycles. The Bertz CT molecular complexity index is 1030. The van der Waals surface area contributed by atoms with E-state index in [2.05, 4.69) is 26.0 Å². The van der Waals surface area contributed by atoms with Gasteiger partial charge in [0, 0.05) is 0 Å². The van der Waals surface area contributed by atoms with Gasteiger partial charge in [-0.3, -0.25) is 0 Å². The Balaban J connectivity index is 0.00000840. The molecule has 0 unspecified atom stereocenters. The summed E-state index contributed by atoms with van der Waals surface area (Å²) in [6, 6.07) is 9.44. The summed E-state index contributed by atoms with van der Waals surface area (Å²) in [7, 11) is -4.46. The van der Waals surface area contributed by atoms with Crippen LogP contribution in [0.15, 0.2) is 35.2 Å². The number of rotatable bonds is 25. The van der Waals surface area contributed by atoms with Gasteiger partial charge < -0.3 is 4.55 Å². The molecule has 0 saturated carbocycles. The largest absolute Gasteiger partial charge is 1.00 e. The van der Waals surface area contributed by atoms with Crippen LogP contribution in [-0.4, -0.2) is 13.0 Å². The Labute approximate surface area is 276 Å². The average molecular weight is 595 g/mol. The van der Waals surface area contributed by atoms with Crippen molar-refractivity contribution in [3.63, 3.8) is 0 Å². The fourth-order valence-electron chi connectivity index (χ4n) is 6.00. The van der Waals surface area contributed by atoms with E-state index in [4.69, 9.17) is 0 Å². The number of fused-ring (bicyclic) bond motifs is 1. The first-order valence-electron chi connectivity index (χ1n) is 17.0. The van der Waals surface area contributed by atoms with E-state index >= 15 is 0 Å². The van der Waals surface area contributed by atoms with Gasteiger partial charge in [-0.05, 0) is 59.7 Å². The molecule has 0 heterocycles. The number of benzene rings is 2. The molecule has 41 heavy (non-hydrogen) atoms. The van der Waals surface area contributed by atoms with Crippen LogP contribution in [0.5, 0.6) is 0 Å². The molecule has 0 aliphatic rings.